The zero-order valence-corrected chi connectivity index (χ0v) is 15.8. The molecule has 0 aliphatic carbocycles. The highest BCUT2D eigenvalue weighted by Gasteiger charge is 2.23. The van der Waals surface area contributed by atoms with Crippen LogP contribution in [-0.2, 0) is 0 Å². The maximum Gasteiger partial charge on any atom is 0.259 e. The zero-order chi connectivity index (χ0) is 18.6. The first-order chi connectivity index (χ1) is 11.8. The number of nitrogens with zero attached hydrogens (tertiary/aromatic N) is 1. The fraction of sp³-hybridized carbons (Fsp3) is 0.235. The minimum atomic E-state index is -0.509. The fourth-order valence-corrected chi connectivity index (χ4v) is 2.73. The van der Waals surface area contributed by atoms with Crippen molar-refractivity contribution in [3.05, 3.63) is 51.0 Å². The van der Waals surface area contributed by atoms with Crippen molar-refractivity contribution in [2.75, 3.05) is 27.3 Å². The molecule has 0 spiro atoms. The number of aromatic hydroxyl groups is 1. The number of benzene rings is 2. The number of ether oxygens (including phenoxy) is 2. The van der Waals surface area contributed by atoms with Crippen LogP contribution in [-0.4, -0.2) is 43.2 Å². The number of halogens is 3. The van der Waals surface area contributed by atoms with Crippen molar-refractivity contribution < 1.29 is 19.4 Å². The van der Waals surface area contributed by atoms with E-state index >= 15 is 0 Å². The van der Waals surface area contributed by atoms with Crippen LogP contribution in [0.4, 0.5) is 0 Å². The Bertz CT molecular complexity index is 739. The Labute approximate surface area is 160 Å². The molecule has 0 heterocycles. The number of rotatable bonds is 6. The molecule has 0 unspecified atom stereocenters. The van der Waals surface area contributed by atoms with Gasteiger partial charge in [-0.2, -0.15) is 0 Å². The molecule has 1 N–H and O–H groups in total. The smallest absolute Gasteiger partial charge is 0.259 e. The first-order valence-corrected chi connectivity index (χ1v) is 8.37. The number of phenols is 1. The topological polar surface area (TPSA) is 59.0 Å². The van der Waals surface area contributed by atoms with Gasteiger partial charge in [-0.1, -0.05) is 34.8 Å². The van der Waals surface area contributed by atoms with Crippen LogP contribution in [0.2, 0.25) is 15.1 Å². The molecular weight excluding hydrogens is 389 g/mol. The molecule has 5 nitrogen and oxygen atoms in total. The van der Waals surface area contributed by atoms with Crippen LogP contribution < -0.4 is 9.47 Å². The Morgan fingerprint density at radius 2 is 1.72 bits per heavy atom. The second-order valence-electron chi connectivity index (χ2n) is 5.13. The molecule has 134 valence electrons. The van der Waals surface area contributed by atoms with Gasteiger partial charge in [0.1, 0.15) is 29.4 Å². The summed E-state index contributed by atoms with van der Waals surface area (Å²) < 4.78 is 10.6. The summed E-state index contributed by atoms with van der Waals surface area (Å²) in [5, 5.41) is 10.0. The Kier molecular flexibility index (Phi) is 6.64. The normalized spacial score (nSPS) is 10.4. The zero-order valence-electron chi connectivity index (χ0n) is 13.6. The largest absolute Gasteiger partial charge is 0.505 e. The van der Waals surface area contributed by atoms with E-state index in [1.54, 1.807) is 38.4 Å². The van der Waals surface area contributed by atoms with E-state index in [1.165, 1.54) is 11.0 Å². The van der Waals surface area contributed by atoms with Gasteiger partial charge in [0, 0.05) is 7.05 Å². The number of carbonyl (C=O) groups excluding carboxylic acids is 1. The fourth-order valence-electron chi connectivity index (χ4n) is 2.05. The minimum Gasteiger partial charge on any atom is -0.505 e. The molecular formula is C17H16Cl3NO4. The molecule has 1 amide bonds. The molecule has 0 atom stereocenters. The molecule has 0 aromatic heterocycles. The van der Waals surface area contributed by atoms with Crippen LogP contribution in [0.3, 0.4) is 0 Å². The van der Waals surface area contributed by atoms with E-state index in [9.17, 15) is 9.90 Å². The van der Waals surface area contributed by atoms with Crippen molar-refractivity contribution in [1.82, 2.24) is 4.90 Å². The Hall–Kier alpha value is -1.82. The van der Waals surface area contributed by atoms with Crippen molar-refractivity contribution in [3.63, 3.8) is 0 Å². The highest BCUT2D eigenvalue weighted by molar-refractivity contribution is 6.45. The second-order valence-corrected chi connectivity index (χ2v) is 6.32. The van der Waals surface area contributed by atoms with Crippen LogP contribution in [0, 0.1) is 0 Å². The number of hydrogen-bond donors (Lipinski definition) is 1. The van der Waals surface area contributed by atoms with Crippen molar-refractivity contribution in [2.24, 2.45) is 0 Å². The predicted molar refractivity (Wildman–Crippen MR) is 98.6 cm³/mol. The summed E-state index contributed by atoms with van der Waals surface area (Å²) in [6.07, 6.45) is 0. The second kappa shape index (κ2) is 8.52. The van der Waals surface area contributed by atoms with Gasteiger partial charge in [-0.05, 0) is 30.3 Å². The van der Waals surface area contributed by atoms with Gasteiger partial charge in [-0.25, -0.2) is 0 Å². The van der Waals surface area contributed by atoms with Crippen LogP contribution >= 0.6 is 34.8 Å². The number of hydrogen-bond acceptors (Lipinski definition) is 4. The van der Waals surface area contributed by atoms with Crippen LogP contribution in [0.25, 0.3) is 0 Å². The number of phenolic OH excluding ortho intramolecular Hbond substituents is 1. The summed E-state index contributed by atoms with van der Waals surface area (Å²) >= 11 is 17.8. The number of amides is 1. The molecule has 0 saturated carbocycles. The van der Waals surface area contributed by atoms with Gasteiger partial charge in [0.25, 0.3) is 5.91 Å². The molecule has 8 heteroatoms. The first kappa shape index (κ1) is 19.5. The van der Waals surface area contributed by atoms with Gasteiger partial charge in [0.15, 0.2) is 0 Å². The van der Waals surface area contributed by atoms with Crippen molar-refractivity contribution >= 4 is 40.7 Å². The van der Waals surface area contributed by atoms with Gasteiger partial charge < -0.3 is 19.5 Å². The van der Waals surface area contributed by atoms with E-state index in [0.29, 0.717) is 5.75 Å². The average molecular weight is 405 g/mol. The first-order valence-electron chi connectivity index (χ1n) is 7.24. The molecule has 0 aliphatic rings. The summed E-state index contributed by atoms with van der Waals surface area (Å²) in [4.78, 5) is 13.9. The average Bonchev–Trinajstić information content (AvgIpc) is 2.60. The summed E-state index contributed by atoms with van der Waals surface area (Å²) in [5.41, 5.74) is -0.133. The standard InChI is InChI=1S/C17H16Cl3NO4/c1-21(7-8-25-11-5-3-10(24-2)4-6-11)17(23)14-15(20)12(18)9-13(19)16(14)22/h3-6,9,22H,7-8H2,1-2H3. The van der Waals surface area contributed by atoms with E-state index in [4.69, 9.17) is 44.3 Å². The third-order valence-electron chi connectivity index (χ3n) is 3.46. The lowest BCUT2D eigenvalue weighted by Crippen LogP contribution is -2.31. The lowest BCUT2D eigenvalue weighted by atomic mass is 10.1. The molecule has 2 aromatic carbocycles. The van der Waals surface area contributed by atoms with Gasteiger partial charge in [-0.3, -0.25) is 4.79 Å². The Morgan fingerprint density at radius 3 is 2.32 bits per heavy atom. The van der Waals surface area contributed by atoms with Crippen LogP contribution in [0.5, 0.6) is 17.2 Å². The Balaban J connectivity index is 2.01. The molecule has 2 rings (SSSR count). The van der Waals surface area contributed by atoms with Crippen LogP contribution in [0.1, 0.15) is 10.4 Å². The van der Waals surface area contributed by atoms with E-state index in [0.717, 1.165) is 5.75 Å². The van der Waals surface area contributed by atoms with E-state index in [1.807, 2.05) is 0 Å². The highest BCUT2D eigenvalue weighted by atomic mass is 35.5. The van der Waals surface area contributed by atoms with Gasteiger partial charge >= 0.3 is 0 Å². The van der Waals surface area contributed by atoms with Crippen molar-refractivity contribution in [1.29, 1.82) is 0 Å². The molecule has 2 aromatic rings. The highest BCUT2D eigenvalue weighted by Crippen LogP contribution is 2.38. The molecule has 0 fully saturated rings. The molecule has 25 heavy (non-hydrogen) atoms. The van der Waals surface area contributed by atoms with Crippen molar-refractivity contribution in [2.45, 2.75) is 0 Å². The van der Waals surface area contributed by atoms with E-state index in [-0.39, 0.29) is 33.8 Å². The third kappa shape index (κ3) is 4.63. The summed E-state index contributed by atoms with van der Waals surface area (Å²) in [5.74, 6) is 0.463. The molecule has 0 radical (unpaired) electrons. The molecule has 0 aliphatic heterocycles. The van der Waals surface area contributed by atoms with Gasteiger partial charge in [0.05, 0.1) is 28.7 Å². The van der Waals surface area contributed by atoms with Crippen molar-refractivity contribution in [3.8, 4) is 17.2 Å². The van der Waals surface area contributed by atoms with Gasteiger partial charge in [0.2, 0.25) is 0 Å². The SMILES string of the molecule is COc1ccc(OCCN(C)C(=O)c2c(O)c(Cl)cc(Cl)c2Cl)cc1. The van der Waals surface area contributed by atoms with E-state index < -0.39 is 11.7 Å². The third-order valence-corrected chi connectivity index (χ3v) is 4.54. The summed E-state index contributed by atoms with van der Waals surface area (Å²) in [6.45, 7) is 0.520. The quantitative estimate of drug-likeness (QED) is 0.720. The summed E-state index contributed by atoms with van der Waals surface area (Å²) in [6, 6.07) is 8.36. The number of likely N-dealkylation sites (N-methyl/N-ethyl adjacent to an activating group) is 1. The minimum absolute atomic E-state index is 0.0411. The maximum absolute atomic E-state index is 12.5. The molecule has 0 bridgehead atoms. The summed E-state index contributed by atoms with van der Waals surface area (Å²) in [7, 11) is 3.14. The maximum atomic E-state index is 12.5. The van der Waals surface area contributed by atoms with E-state index in [2.05, 4.69) is 0 Å². The van der Waals surface area contributed by atoms with Gasteiger partial charge in [-0.15, -0.1) is 0 Å². The molecule has 0 saturated heterocycles. The number of carbonyl (C=O) groups is 1. The van der Waals surface area contributed by atoms with Crippen LogP contribution in [0.15, 0.2) is 30.3 Å². The Morgan fingerprint density at radius 1 is 1.12 bits per heavy atom. The lowest BCUT2D eigenvalue weighted by Gasteiger charge is -2.19. The number of methoxy groups -OCH3 is 1. The monoisotopic (exact) mass is 403 g/mol. The lowest BCUT2D eigenvalue weighted by molar-refractivity contribution is 0.0771. The predicted octanol–water partition coefficient (Wildman–Crippen LogP) is 4.51.